The van der Waals surface area contributed by atoms with Gasteiger partial charge in [-0.1, -0.05) is 24.3 Å². The van der Waals surface area contributed by atoms with Crippen LogP contribution in [0.4, 0.5) is 5.69 Å². The highest BCUT2D eigenvalue weighted by Gasteiger charge is 2.24. The number of amides is 1. The van der Waals surface area contributed by atoms with Crippen LogP contribution in [0, 0.1) is 6.92 Å². The normalized spacial score (nSPS) is 12.1. The van der Waals surface area contributed by atoms with Gasteiger partial charge in [0.05, 0.1) is 4.88 Å². The molecular formula is C20H17NO2S. The summed E-state index contributed by atoms with van der Waals surface area (Å²) in [6.07, 6.45) is 0. The maximum atomic E-state index is 12.9. The van der Waals surface area contributed by atoms with Gasteiger partial charge in [0.1, 0.15) is 12.4 Å². The van der Waals surface area contributed by atoms with Crippen molar-refractivity contribution < 1.29 is 9.53 Å². The zero-order valence-electron chi connectivity index (χ0n) is 13.6. The van der Waals surface area contributed by atoms with Crippen LogP contribution in [-0.4, -0.2) is 13.0 Å². The Bertz CT molecular complexity index is 929. The van der Waals surface area contributed by atoms with Gasteiger partial charge in [0.15, 0.2) is 0 Å². The molecule has 2 aromatic carbocycles. The summed E-state index contributed by atoms with van der Waals surface area (Å²) in [5, 5.41) is 0. The van der Waals surface area contributed by atoms with Crippen molar-refractivity contribution in [2.75, 3.05) is 11.9 Å². The molecule has 0 spiro atoms. The Morgan fingerprint density at radius 1 is 1.12 bits per heavy atom. The van der Waals surface area contributed by atoms with E-state index < -0.39 is 0 Å². The number of aryl methyl sites for hydroxylation is 1. The van der Waals surface area contributed by atoms with Crippen molar-refractivity contribution >= 4 is 22.9 Å². The Balaban J connectivity index is 1.69. The lowest BCUT2D eigenvalue weighted by Gasteiger charge is -2.17. The van der Waals surface area contributed by atoms with Gasteiger partial charge in [-0.2, -0.15) is 0 Å². The van der Waals surface area contributed by atoms with Crippen molar-refractivity contribution in [3.63, 3.8) is 0 Å². The molecule has 0 unspecified atom stereocenters. The molecule has 3 aromatic rings. The molecule has 3 nitrogen and oxygen atoms in total. The molecule has 24 heavy (non-hydrogen) atoms. The second-order valence-corrected chi connectivity index (χ2v) is 7.01. The fraction of sp³-hybridized carbons (Fsp3) is 0.150. The lowest BCUT2D eigenvalue weighted by molar-refractivity contribution is 0.0997. The van der Waals surface area contributed by atoms with Crippen molar-refractivity contribution in [3.05, 3.63) is 70.6 Å². The van der Waals surface area contributed by atoms with Crippen molar-refractivity contribution in [2.45, 2.75) is 13.5 Å². The van der Waals surface area contributed by atoms with E-state index in [4.69, 9.17) is 4.74 Å². The first kappa shape index (κ1) is 15.0. The van der Waals surface area contributed by atoms with Crippen LogP contribution in [0.25, 0.3) is 10.4 Å². The van der Waals surface area contributed by atoms with E-state index in [9.17, 15) is 4.79 Å². The third kappa shape index (κ3) is 2.49. The molecule has 0 aliphatic carbocycles. The van der Waals surface area contributed by atoms with Crippen LogP contribution in [0.1, 0.15) is 20.8 Å². The van der Waals surface area contributed by atoms with Gasteiger partial charge < -0.3 is 9.64 Å². The van der Waals surface area contributed by atoms with Crippen LogP contribution < -0.4 is 9.64 Å². The van der Waals surface area contributed by atoms with E-state index in [1.807, 2.05) is 68.6 Å². The minimum atomic E-state index is 0.0116. The third-order valence-corrected chi connectivity index (χ3v) is 5.43. The van der Waals surface area contributed by atoms with Crippen LogP contribution in [-0.2, 0) is 6.61 Å². The molecule has 1 amide bonds. The number of anilines is 1. The number of hydrogen-bond acceptors (Lipinski definition) is 3. The largest absolute Gasteiger partial charge is 0.488 e. The van der Waals surface area contributed by atoms with Crippen LogP contribution in [0.5, 0.6) is 5.75 Å². The minimum Gasteiger partial charge on any atom is -0.488 e. The summed E-state index contributed by atoms with van der Waals surface area (Å²) in [4.78, 5) is 16.5. The number of para-hydroxylation sites is 1. The molecule has 4 rings (SSSR count). The number of rotatable bonds is 2. The van der Waals surface area contributed by atoms with Gasteiger partial charge in [-0.25, -0.2) is 0 Å². The van der Waals surface area contributed by atoms with E-state index in [0.29, 0.717) is 6.61 Å². The van der Waals surface area contributed by atoms with Crippen LogP contribution in [0.3, 0.4) is 0 Å². The lowest BCUT2D eigenvalue weighted by atomic mass is 10.1. The Morgan fingerprint density at radius 3 is 2.79 bits per heavy atom. The Labute approximate surface area is 145 Å². The number of benzene rings is 2. The maximum absolute atomic E-state index is 12.9. The highest BCUT2D eigenvalue weighted by Crippen LogP contribution is 2.42. The predicted molar refractivity (Wildman–Crippen MR) is 98.0 cm³/mol. The molecular weight excluding hydrogens is 318 g/mol. The van der Waals surface area contributed by atoms with E-state index in [-0.39, 0.29) is 5.91 Å². The number of ether oxygens (including phenoxy) is 1. The van der Waals surface area contributed by atoms with Crippen molar-refractivity contribution in [1.29, 1.82) is 0 Å². The Morgan fingerprint density at radius 2 is 1.96 bits per heavy atom. The summed E-state index contributed by atoms with van der Waals surface area (Å²) in [6.45, 7) is 2.55. The number of carbonyl (C=O) groups excluding carboxylic acids is 1. The van der Waals surface area contributed by atoms with E-state index in [1.165, 1.54) is 0 Å². The molecule has 1 aliphatic heterocycles. The SMILES string of the molecule is Cc1cccc(N(C)C(=O)c2cc3c(s2)-c2ccccc2OC3)c1. The molecule has 1 aliphatic rings. The monoisotopic (exact) mass is 335 g/mol. The molecule has 0 saturated carbocycles. The van der Waals surface area contributed by atoms with Crippen LogP contribution >= 0.6 is 11.3 Å². The molecule has 0 radical (unpaired) electrons. The summed E-state index contributed by atoms with van der Waals surface area (Å²) in [6, 6.07) is 17.9. The average molecular weight is 335 g/mol. The second-order valence-electron chi connectivity index (χ2n) is 5.95. The summed E-state index contributed by atoms with van der Waals surface area (Å²) in [7, 11) is 1.82. The minimum absolute atomic E-state index is 0.0116. The fourth-order valence-corrected chi connectivity index (χ4v) is 4.10. The van der Waals surface area contributed by atoms with Crippen LogP contribution in [0.15, 0.2) is 54.6 Å². The molecule has 2 heterocycles. The second kappa shape index (κ2) is 5.80. The predicted octanol–water partition coefficient (Wildman–Crippen LogP) is 4.89. The molecule has 0 bridgehead atoms. The van der Waals surface area contributed by atoms with Gasteiger partial charge in [0.2, 0.25) is 0 Å². The number of fused-ring (bicyclic) bond motifs is 3. The maximum Gasteiger partial charge on any atom is 0.268 e. The standard InChI is InChI=1S/C20H17NO2S/c1-13-6-5-7-15(10-13)21(2)20(22)18-11-14-12-23-17-9-4-3-8-16(17)19(14)24-18/h3-11H,12H2,1-2H3. The summed E-state index contributed by atoms with van der Waals surface area (Å²) in [5.74, 6) is 0.898. The summed E-state index contributed by atoms with van der Waals surface area (Å²) in [5.41, 5.74) is 4.20. The van der Waals surface area contributed by atoms with Crippen LogP contribution in [0.2, 0.25) is 0 Å². The lowest BCUT2D eigenvalue weighted by Crippen LogP contribution is -2.25. The molecule has 4 heteroatoms. The highest BCUT2D eigenvalue weighted by atomic mass is 32.1. The first-order chi connectivity index (χ1) is 11.6. The number of hydrogen-bond donors (Lipinski definition) is 0. The van der Waals surface area contributed by atoms with Gasteiger partial charge in [0, 0.05) is 28.7 Å². The topological polar surface area (TPSA) is 29.5 Å². The zero-order valence-corrected chi connectivity index (χ0v) is 14.4. The van der Waals surface area contributed by atoms with Gasteiger partial charge in [-0.15, -0.1) is 11.3 Å². The highest BCUT2D eigenvalue weighted by molar-refractivity contribution is 7.17. The summed E-state index contributed by atoms with van der Waals surface area (Å²) >= 11 is 1.54. The first-order valence-electron chi connectivity index (χ1n) is 7.83. The number of nitrogens with zero attached hydrogens (tertiary/aromatic N) is 1. The fourth-order valence-electron chi connectivity index (χ4n) is 2.92. The van der Waals surface area contributed by atoms with Crippen molar-refractivity contribution in [3.8, 4) is 16.2 Å². The number of carbonyl (C=O) groups is 1. The van der Waals surface area contributed by atoms with E-state index in [2.05, 4.69) is 0 Å². The van der Waals surface area contributed by atoms with Crippen molar-refractivity contribution in [1.82, 2.24) is 0 Å². The molecule has 0 saturated heterocycles. The van der Waals surface area contributed by atoms with Gasteiger partial charge >= 0.3 is 0 Å². The van der Waals surface area contributed by atoms with E-state index in [1.54, 1.807) is 16.2 Å². The third-order valence-electron chi connectivity index (χ3n) is 4.23. The van der Waals surface area contributed by atoms with Crippen molar-refractivity contribution in [2.24, 2.45) is 0 Å². The van der Waals surface area contributed by atoms with Gasteiger partial charge in [-0.3, -0.25) is 4.79 Å². The molecule has 0 fully saturated rings. The van der Waals surface area contributed by atoms with E-state index >= 15 is 0 Å². The summed E-state index contributed by atoms with van der Waals surface area (Å²) < 4.78 is 5.79. The Kier molecular flexibility index (Phi) is 3.62. The molecule has 0 N–H and O–H groups in total. The average Bonchev–Trinajstić information content (AvgIpc) is 3.05. The van der Waals surface area contributed by atoms with Gasteiger partial charge in [0.25, 0.3) is 5.91 Å². The smallest absolute Gasteiger partial charge is 0.268 e. The molecule has 0 atom stereocenters. The molecule has 120 valence electrons. The first-order valence-corrected chi connectivity index (χ1v) is 8.65. The Hall–Kier alpha value is -2.59. The van der Waals surface area contributed by atoms with Gasteiger partial charge in [-0.05, 0) is 42.8 Å². The number of thiophene rings is 1. The van der Waals surface area contributed by atoms with E-state index in [0.717, 1.165) is 37.9 Å². The zero-order chi connectivity index (χ0) is 16.7. The quantitative estimate of drug-likeness (QED) is 0.667. The molecule has 1 aromatic heterocycles.